The molecule has 0 radical (unpaired) electrons. The molecule has 1 aliphatic heterocycles. The van der Waals surface area contributed by atoms with Crippen LogP contribution in [0.15, 0.2) is 18.3 Å². The summed E-state index contributed by atoms with van der Waals surface area (Å²) in [7, 11) is 0. The molecule has 0 unspecified atom stereocenters. The zero-order valence-electron chi connectivity index (χ0n) is 11.9. The fraction of sp³-hybridized carbons (Fsp3) is 0.667. The zero-order valence-corrected chi connectivity index (χ0v) is 11.9. The number of anilines is 1. The maximum Gasteiger partial charge on any atom is 0.0562 e. The van der Waals surface area contributed by atoms with Gasteiger partial charge in [-0.3, -0.25) is 4.98 Å². The minimum atomic E-state index is 0.287. The summed E-state index contributed by atoms with van der Waals surface area (Å²) in [4.78, 5) is 6.95. The molecule has 0 bridgehead atoms. The van der Waals surface area contributed by atoms with Crippen LogP contribution in [0.4, 0.5) is 5.69 Å². The third-order valence-corrected chi connectivity index (χ3v) is 3.75. The van der Waals surface area contributed by atoms with E-state index in [4.69, 9.17) is 0 Å². The monoisotopic (exact) mass is 247 g/mol. The zero-order chi connectivity index (χ0) is 13.0. The van der Waals surface area contributed by atoms with Gasteiger partial charge in [0, 0.05) is 30.5 Å². The average molecular weight is 247 g/mol. The molecule has 2 heterocycles. The molecule has 0 saturated carbocycles. The van der Waals surface area contributed by atoms with E-state index in [1.807, 2.05) is 6.20 Å². The molecule has 2 rings (SSSR count). The van der Waals surface area contributed by atoms with Gasteiger partial charge >= 0.3 is 0 Å². The maximum absolute atomic E-state index is 4.44. The fourth-order valence-corrected chi connectivity index (χ4v) is 2.71. The molecule has 0 aliphatic carbocycles. The van der Waals surface area contributed by atoms with E-state index in [1.54, 1.807) is 0 Å². The van der Waals surface area contributed by atoms with E-state index in [0.717, 1.165) is 18.8 Å². The van der Waals surface area contributed by atoms with Gasteiger partial charge in [-0.15, -0.1) is 0 Å². The van der Waals surface area contributed by atoms with Crippen molar-refractivity contribution in [1.82, 2.24) is 10.3 Å². The van der Waals surface area contributed by atoms with Gasteiger partial charge in [-0.1, -0.05) is 6.92 Å². The van der Waals surface area contributed by atoms with Gasteiger partial charge in [0.2, 0.25) is 0 Å². The summed E-state index contributed by atoms with van der Waals surface area (Å²) in [6.07, 6.45) is 5.67. The van der Waals surface area contributed by atoms with Crippen LogP contribution in [0.25, 0.3) is 0 Å². The second-order valence-electron chi connectivity index (χ2n) is 5.75. The Balaban J connectivity index is 2.07. The second-order valence-corrected chi connectivity index (χ2v) is 5.75. The lowest BCUT2D eigenvalue weighted by Crippen LogP contribution is -2.38. The summed E-state index contributed by atoms with van der Waals surface area (Å²) in [5.74, 6) is 0. The van der Waals surface area contributed by atoms with Gasteiger partial charge in [-0.05, 0) is 51.8 Å². The maximum atomic E-state index is 4.44. The summed E-state index contributed by atoms with van der Waals surface area (Å²) >= 11 is 0. The van der Waals surface area contributed by atoms with Crippen molar-refractivity contribution in [2.45, 2.75) is 52.1 Å². The molecule has 18 heavy (non-hydrogen) atoms. The largest absolute Gasteiger partial charge is 0.366 e. The first-order chi connectivity index (χ1) is 8.63. The molecule has 3 heteroatoms. The van der Waals surface area contributed by atoms with E-state index in [0.29, 0.717) is 0 Å². The van der Waals surface area contributed by atoms with Crippen molar-refractivity contribution in [2.75, 3.05) is 18.0 Å². The molecule has 0 spiro atoms. The highest BCUT2D eigenvalue weighted by atomic mass is 15.2. The van der Waals surface area contributed by atoms with Crippen molar-refractivity contribution < 1.29 is 0 Å². The number of hydrogen-bond donors (Lipinski definition) is 1. The van der Waals surface area contributed by atoms with Crippen LogP contribution in [0.1, 0.15) is 45.7 Å². The highest BCUT2D eigenvalue weighted by Gasteiger charge is 2.31. The summed E-state index contributed by atoms with van der Waals surface area (Å²) in [5, 5.41) is 3.41. The molecule has 1 aliphatic rings. The van der Waals surface area contributed by atoms with Crippen LogP contribution < -0.4 is 10.2 Å². The molecule has 1 aromatic heterocycles. The normalized spacial score (nSPS) is 18.3. The predicted octanol–water partition coefficient (Wildman–Crippen LogP) is 2.96. The van der Waals surface area contributed by atoms with E-state index in [1.165, 1.54) is 31.5 Å². The number of nitrogens with zero attached hydrogens (tertiary/aromatic N) is 2. The minimum absolute atomic E-state index is 0.287. The predicted molar refractivity (Wildman–Crippen MR) is 76.9 cm³/mol. The quantitative estimate of drug-likeness (QED) is 0.811. The lowest BCUT2D eigenvalue weighted by Gasteiger charge is -2.33. The molecule has 3 nitrogen and oxygen atoms in total. The van der Waals surface area contributed by atoms with Crippen LogP contribution in [0.5, 0.6) is 0 Å². The van der Waals surface area contributed by atoms with Crippen molar-refractivity contribution in [2.24, 2.45) is 0 Å². The molecular weight excluding hydrogens is 222 g/mol. The topological polar surface area (TPSA) is 28.2 Å². The SMILES string of the molecule is CCCNCc1cc(N2CCCC2(C)C)ccn1. The van der Waals surface area contributed by atoms with Crippen LogP contribution in [0, 0.1) is 0 Å². The van der Waals surface area contributed by atoms with Gasteiger partial charge in [-0.25, -0.2) is 0 Å². The third kappa shape index (κ3) is 3.02. The van der Waals surface area contributed by atoms with Gasteiger partial charge < -0.3 is 10.2 Å². The molecule has 0 amide bonds. The van der Waals surface area contributed by atoms with Gasteiger partial charge in [0.05, 0.1) is 5.69 Å². The molecule has 0 aromatic carbocycles. The first-order valence-electron chi connectivity index (χ1n) is 7.07. The number of rotatable bonds is 5. The van der Waals surface area contributed by atoms with E-state index >= 15 is 0 Å². The molecule has 100 valence electrons. The van der Waals surface area contributed by atoms with Crippen LogP contribution in [0.2, 0.25) is 0 Å². The second kappa shape index (κ2) is 5.70. The van der Waals surface area contributed by atoms with Crippen LogP contribution in [0.3, 0.4) is 0 Å². The first kappa shape index (κ1) is 13.3. The Bertz CT molecular complexity index is 387. The van der Waals surface area contributed by atoms with Crippen molar-refractivity contribution in [3.63, 3.8) is 0 Å². The van der Waals surface area contributed by atoms with Crippen molar-refractivity contribution in [3.05, 3.63) is 24.0 Å². The molecule has 1 aromatic rings. The lowest BCUT2D eigenvalue weighted by atomic mass is 10.0. The summed E-state index contributed by atoms with van der Waals surface area (Å²) < 4.78 is 0. The molecular formula is C15H25N3. The molecule has 1 saturated heterocycles. The first-order valence-corrected chi connectivity index (χ1v) is 7.07. The van der Waals surface area contributed by atoms with E-state index < -0.39 is 0 Å². The standard InChI is InChI=1S/C15H25N3/c1-4-8-16-12-13-11-14(6-9-17-13)18-10-5-7-15(18,2)3/h6,9,11,16H,4-5,7-8,10,12H2,1-3H3. The van der Waals surface area contributed by atoms with Crippen molar-refractivity contribution >= 4 is 5.69 Å². The van der Waals surface area contributed by atoms with Gasteiger partial charge in [0.25, 0.3) is 0 Å². The Morgan fingerprint density at radius 2 is 2.28 bits per heavy atom. The number of hydrogen-bond acceptors (Lipinski definition) is 3. The third-order valence-electron chi connectivity index (χ3n) is 3.75. The van der Waals surface area contributed by atoms with Crippen molar-refractivity contribution in [3.8, 4) is 0 Å². The van der Waals surface area contributed by atoms with E-state index in [2.05, 4.69) is 48.1 Å². The van der Waals surface area contributed by atoms with Crippen LogP contribution >= 0.6 is 0 Å². The van der Waals surface area contributed by atoms with Crippen LogP contribution in [-0.4, -0.2) is 23.6 Å². The molecule has 1 fully saturated rings. The van der Waals surface area contributed by atoms with Crippen LogP contribution in [-0.2, 0) is 6.54 Å². The smallest absolute Gasteiger partial charge is 0.0562 e. The Hall–Kier alpha value is -1.09. The van der Waals surface area contributed by atoms with Crippen molar-refractivity contribution in [1.29, 1.82) is 0 Å². The minimum Gasteiger partial charge on any atom is -0.366 e. The Labute approximate surface area is 111 Å². The number of aromatic nitrogens is 1. The highest BCUT2D eigenvalue weighted by Crippen LogP contribution is 2.33. The number of pyridine rings is 1. The Kier molecular flexibility index (Phi) is 4.23. The number of nitrogens with one attached hydrogen (secondary N) is 1. The van der Waals surface area contributed by atoms with Gasteiger partial charge in [-0.2, -0.15) is 0 Å². The van der Waals surface area contributed by atoms with E-state index in [9.17, 15) is 0 Å². The van der Waals surface area contributed by atoms with Gasteiger partial charge in [0.1, 0.15) is 0 Å². The molecule has 0 atom stereocenters. The summed E-state index contributed by atoms with van der Waals surface area (Å²) in [6.45, 7) is 9.93. The Morgan fingerprint density at radius 3 is 2.94 bits per heavy atom. The Morgan fingerprint density at radius 1 is 1.44 bits per heavy atom. The summed E-state index contributed by atoms with van der Waals surface area (Å²) in [6, 6.07) is 4.37. The lowest BCUT2D eigenvalue weighted by molar-refractivity contribution is 0.517. The average Bonchev–Trinajstić information content (AvgIpc) is 2.70. The van der Waals surface area contributed by atoms with Gasteiger partial charge in [0.15, 0.2) is 0 Å². The molecule has 1 N–H and O–H groups in total. The summed E-state index contributed by atoms with van der Waals surface area (Å²) in [5.41, 5.74) is 2.75. The fourth-order valence-electron chi connectivity index (χ4n) is 2.71. The highest BCUT2D eigenvalue weighted by molar-refractivity contribution is 5.50. The van der Waals surface area contributed by atoms with E-state index in [-0.39, 0.29) is 5.54 Å².